The Morgan fingerprint density at radius 3 is 1.97 bits per heavy atom. The van der Waals surface area contributed by atoms with E-state index < -0.39 is 0 Å². The monoisotopic (exact) mass is 430 g/mol. The Hall–Kier alpha value is -3.35. The Bertz CT molecular complexity index is 1050. The molecular formula is C25H30N6O. The quantitative estimate of drug-likeness (QED) is 0.669. The second-order valence-electron chi connectivity index (χ2n) is 8.62. The molecule has 2 amide bonds. The smallest absolute Gasteiger partial charge is 0.321 e. The van der Waals surface area contributed by atoms with Gasteiger partial charge in [0.1, 0.15) is 0 Å². The number of anilines is 3. The maximum atomic E-state index is 12.8. The number of hydrogen-bond donors (Lipinski definition) is 1. The van der Waals surface area contributed by atoms with E-state index in [1.54, 1.807) is 0 Å². The third kappa shape index (κ3) is 4.61. The Kier molecular flexibility index (Phi) is 6.05. The Labute approximate surface area is 189 Å². The number of urea groups is 1. The van der Waals surface area contributed by atoms with E-state index in [-0.39, 0.29) is 6.03 Å². The topological polar surface area (TPSA) is 64.6 Å². The van der Waals surface area contributed by atoms with Crippen LogP contribution in [-0.2, 0) is 0 Å². The van der Waals surface area contributed by atoms with Crippen molar-refractivity contribution in [2.24, 2.45) is 0 Å². The molecule has 2 saturated heterocycles. The number of amides is 2. The van der Waals surface area contributed by atoms with E-state index in [4.69, 9.17) is 0 Å². The van der Waals surface area contributed by atoms with Crippen molar-refractivity contribution >= 4 is 34.1 Å². The standard InChI is InChI=1S/C25H30N6O/c32-25(26-22-10-9-20-7-3-4-8-21(20)19-22)31-17-15-30(16-18-31)24-12-11-23(27-28-24)29-13-5-1-2-6-14-29/h3-4,7-12,19H,1-2,5-6,13-18H2,(H,26,32). The molecule has 5 rings (SSSR count). The van der Waals surface area contributed by atoms with Crippen LogP contribution in [0.15, 0.2) is 54.6 Å². The van der Waals surface area contributed by atoms with E-state index in [2.05, 4.69) is 49.6 Å². The first-order valence-corrected chi connectivity index (χ1v) is 11.6. The predicted octanol–water partition coefficient (Wildman–Crippen LogP) is 4.36. The Balaban J connectivity index is 1.16. The van der Waals surface area contributed by atoms with Crippen molar-refractivity contribution < 1.29 is 4.79 Å². The number of fused-ring (bicyclic) bond motifs is 1. The summed E-state index contributed by atoms with van der Waals surface area (Å²) in [5.41, 5.74) is 0.825. The van der Waals surface area contributed by atoms with Crippen molar-refractivity contribution in [3.63, 3.8) is 0 Å². The number of nitrogens with one attached hydrogen (secondary N) is 1. The summed E-state index contributed by atoms with van der Waals surface area (Å²) in [5.74, 6) is 1.86. The van der Waals surface area contributed by atoms with Crippen LogP contribution in [0, 0.1) is 0 Å². The summed E-state index contributed by atoms with van der Waals surface area (Å²) in [4.78, 5) is 19.2. The minimum atomic E-state index is -0.0532. The molecule has 0 bridgehead atoms. The maximum Gasteiger partial charge on any atom is 0.321 e. The van der Waals surface area contributed by atoms with E-state index >= 15 is 0 Å². The van der Waals surface area contributed by atoms with Crippen LogP contribution in [-0.4, -0.2) is 60.4 Å². The van der Waals surface area contributed by atoms with Crippen molar-refractivity contribution in [3.05, 3.63) is 54.6 Å². The average molecular weight is 431 g/mol. The van der Waals surface area contributed by atoms with Gasteiger partial charge in [0.05, 0.1) is 0 Å². The fraction of sp³-hybridized carbons (Fsp3) is 0.400. The third-order valence-corrected chi connectivity index (χ3v) is 6.46. The lowest BCUT2D eigenvalue weighted by molar-refractivity contribution is 0.208. The normalized spacial score (nSPS) is 17.3. The number of benzene rings is 2. The van der Waals surface area contributed by atoms with Gasteiger partial charge in [-0.1, -0.05) is 43.2 Å². The average Bonchev–Trinajstić information content (AvgIpc) is 3.14. The largest absolute Gasteiger partial charge is 0.355 e. The lowest BCUT2D eigenvalue weighted by atomic mass is 10.1. The molecular weight excluding hydrogens is 400 g/mol. The van der Waals surface area contributed by atoms with Gasteiger partial charge in [-0.3, -0.25) is 0 Å². The molecule has 0 saturated carbocycles. The minimum Gasteiger partial charge on any atom is -0.355 e. The number of nitrogens with zero attached hydrogens (tertiary/aromatic N) is 5. The number of aromatic nitrogens is 2. The maximum absolute atomic E-state index is 12.8. The Morgan fingerprint density at radius 2 is 1.31 bits per heavy atom. The van der Waals surface area contributed by atoms with Crippen LogP contribution in [0.4, 0.5) is 22.1 Å². The van der Waals surface area contributed by atoms with Gasteiger partial charge in [0.25, 0.3) is 0 Å². The van der Waals surface area contributed by atoms with Crippen LogP contribution in [0.5, 0.6) is 0 Å². The molecule has 0 radical (unpaired) electrons. The first-order chi connectivity index (χ1) is 15.8. The van der Waals surface area contributed by atoms with E-state index in [9.17, 15) is 4.79 Å². The van der Waals surface area contributed by atoms with Gasteiger partial charge >= 0.3 is 6.03 Å². The van der Waals surface area contributed by atoms with E-state index in [0.29, 0.717) is 13.1 Å². The first-order valence-electron chi connectivity index (χ1n) is 11.6. The highest BCUT2D eigenvalue weighted by molar-refractivity contribution is 5.93. The minimum absolute atomic E-state index is 0.0532. The van der Waals surface area contributed by atoms with Crippen molar-refractivity contribution in [3.8, 4) is 0 Å². The summed E-state index contributed by atoms with van der Waals surface area (Å²) in [5, 5.41) is 14.3. The van der Waals surface area contributed by atoms with Crippen molar-refractivity contribution in [2.75, 3.05) is 54.4 Å². The predicted molar refractivity (Wildman–Crippen MR) is 129 cm³/mol. The molecule has 2 aliphatic rings. The van der Waals surface area contributed by atoms with Gasteiger partial charge in [-0.05, 0) is 47.9 Å². The number of rotatable bonds is 3. The SMILES string of the molecule is O=C(Nc1ccc2ccccc2c1)N1CCN(c2ccc(N3CCCCCC3)nn2)CC1. The van der Waals surface area contributed by atoms with Gasteiger partial charge in [0.15, 0.2) is 11.6 Å². The van der Waals surface area contributed by atoms with Crippen LogP contribution in [0.25, 0.3) is 10.8 Å². The molecule has 2 fully saturated rings. The third-order valence-electron chi connectivity index (χ3n) is 6.46. The molecule has 1 aromatic heterocycles. The molecule has 7 nitrogen and oxygen atoms in total. The molecule has 0 spiro atoms. The van der Waals surface area contributed by atoms with Gasteiger partial charge < -0.3 is 20.0 Å². The zero-order valence-electron chi connectivity index (χ0n) is 18.4. The highest BCUT2D eigenvalue weighted by Gasteiger charge is 2.22. The van der Waals surface area contributed by atoms with Gasteiger partial charge in [-0.15, -0.1) is 10.2 Å². The first kappa shape index (κ1) is 20.5. The zero-order valence-corrected chi connectivity index (χ0v) is 18.4. The van der Waals surface area contributed by atoms with Crippen LogP contribution >= 0.6 is 0 Å². The summed E-state index contributed by atoms with van der Waals surface area (Å²) >= 11 is 0. The fourth-order valence-electron chi connectivity index (χ4n) is 4.56. The summed E-state index contributed by atoms with van der Waals surface area (Å²) in [7, 11) is 0. The number of piperazine rings is 1. The Morgan fingerprint density at radius 1 is 0.688 bits per heavy atom. The molecule has 0 atom stereocenters. The van der Waals surface area contributed by atoms with E-state index in [1.165, 1.54) is 31.1 Å². The molecule has 3 heterocycles. The van der Waals surface area contributed by atoms with Crippen molar-refractivity contribution in [1.82, 2.24) is 15.1 Å². The van der Waals surface area contributed by atoms with E-state index in [0.717, 1.165) is 48.9 Å². The van der Waals surface area contributed by atoms with E-state index in [1.807, 2.05) is 35.2 Å². The molecule has 166 valence electrons. The van der Waals surface area contributed by atoms with Crippen LogP contribution in [0.2, 0.25) is 0 Å². The van der Waals surface area contributed by atoms with Crippen LogP contribution in [0.3, 0.4) is 0 Å². The molecule has 0 unspecified atom stereocenters. The van der Waals surface area contributed by atoms with Crippen molar-refractivity contribution in [2.45, 2.75) is 25.7 Å². The molecule has 7 heteroatoms. The van der Waals surface area contributed by atoms with Gasteiger partial charge in [0, 0.05) is 45.0 Å². The molecule has 3 aromatic rings. The molecule has 0 aliphatic carbocycles. The highest BCUT2D eigenvalue weighted by Crippen LogP contribution is 2.21. The van der Waals surface area contributed by atoms with Gasteiger partial charge in [-0.25, -0.2) is 4.79 Å². The van der Waals surface area contributed by atoms with Crippen molar-refractivity contribution in [1.29, 1.82) is 0 Å². The summed E-state index contributed by atoms with van der Waals surface area (Å²) in [6, 6.07) is 18.3. The van der Waals surface area contributed by atoms with Crippen LogP contribution in [0.1, 0.15) is 25.7 Å². The number of hydrogen-bond acceptors (Lipinski definition) is 5. The fourth-order valence-corrected chi connectivity index (χ4v) is 4.56. The highest BCUT2D eigenvalue weighted by atomic mass is 16.2. The molecule has 2 aromatic carbocycles. The summed E-state index contributed by atoms with van der Waals surface area (Å²) in [6.45, 7) is 4.97. The van der Waals surface area contributed by atoms with Gasteiger partial charge in [-0.2, -0.15) is 0 Å². The number of carbonyl (C=O) groups excluding carboxylic acids is 1. The molecule has 2 aliphatic heterocycles. The number of carbonyl (C=O) groups is 1. The second kappa shape index (κ2) is 9.42. The second-order valence-corrected chi connectivity index (χ2v) is 8.62. The van der Waals surface area contributed by atoms with Crippen LogP contribution < -0.4 is 15.1 Å². The summed E-state index contributed by atoms with van der Waals surface area (Å²) in [6.07, 6.45) is 5.07. The molecule has 1 N–H and O–H groups in total. The van der Waals surface area contributed by atoms with Gasteiger partial charge in [0.2, 0.25) is 0 Å². The molecule has 32 heavy (non-hydrogen) atoms. The summed E-state index contributed by atoms with van der Waals surface area (Å²) < 4.78 is 0. The zero-order chi connectivity index (χ0) is 21.8. The lowest BCUT2D eigenvalue weighted by Crippen LogP contribution is -2.50. The lowest BCUT2D eigenvalue weighted by Gasteiger charge is -2.35.